The lowest BCUT2D eigenvalue weighted by Gasteiger charge is -2.21. The molecule has 0 fully saturated rings. The maximum Gasteiger partial charge on any atom is 0.257 e. The Balaban J connectivity index is 2.18. The average molecular weight is 293 g/mol. The zero-order valence-corrected chi connectivity index (χ0v) is 13.0. The summed E-state index contributed by atoms with van der Waals surface area (Å²) in [7, 11) is 3.19. The van der Waals surface area contributed by atoms with Gasteiger partial charge >= 0.3 is 0 Å². The number of carbonyl (C=O) groups excluding carboxylic acids is 1. The van der Waals surface area contributed by atoms with Crippen molar-refractivity contribution in [2.45, 2.75) is 32.0 Å². The molecule has 1 aromatic carbocycles. The molecular formula is C16H23NO4. The number of para-hydroxylation sites is 1. The highest BCUT2D eigenvalue weighted by Crippen LogP contribution is 2.40. The predicted octanol–water partition coefficient (Wildman–Crippen LogP) is 1.65. The van der Waals surface area contributed by atoms with E-state index in [1.165, 1.54) is 12.0 Å². The van der Waals surface area contributed by atoms with E-state index in [0.29, 0.717) is 11.3 Å². The second-order valence-corrected chi connectivity index (χ2v) is 5.63. The fraction of sp³-hybridized carbons (Fsp3) is 0.562. The zero-order valence-electron chi connectivity index (χ0n) is 13.0. The molecule has 5 heteroatoms. The van der Waals surface area contributed by atoms with Crippen molar-refractivity contribution in [1.29, 1.82) is 0 Å². The van der Waals surface area contributed by atoms with Crippen molar-refractivity contribution < 1.29 is 19.4 Å². The fourth-order valence-electron chi connectivity index (χ4n) is 2.60. The Labute approximate surface area is 125 Å². The van der Waals surface area contributed by atoms with Gasteiger partial charge in [-0.15, -0.1) is 0 Å². The predicted molar refractivity (Wildman–Crippen MR) is 79.8 cm³/mol. The number of methoxy groups -OCH3 is 1. The molecule has 5 nitrogen and oxygen atoms in total. The Morgan fingerprint density at radius 3 is 2.86 bits per heavy atom. The number of rotatable bonds is 5. The van der Waals surface area contributed by atoms with Crippen molar-refractivity contribution in [3.05, 3.63) is 29.3 Å². The highest BCUT2D eigenvalue weighted by atomic mass is 16.5. The van der Waals surface area contributed by atoms with E-state index in [9.17, 15) is 9.90 Å². The molecule has 1 N–H and O–H groups in total. The SMILES string of the molecule is COCC(O)CN(C)C(=O)c1cccc2c1OC(C)C2C. The van der Waals surface area contributed by atoms with E-state index in [-0.39, 0.29) is 31.1 Å². The maximum absolute atomic E-state index is 12.6. The first kappa shape index (κ1) is 15.8. The number of nitrogens with zero attached hydrogens (tertiary/aromatic N) is 1. The van der Waals surface area contributed by atoms with Gasteiger partial charge in [-0.25, -0.2) is 0 Å². The Morgan fingerprint density at radius 1 is 1.48 bits per heavy atom. The van der Waals surface area contributed by atoms with Gasteiger partial charge in [0.1, 0.15) is 11.9 Å². The second-order valence-electron chi connectivity index (χ2n) is 5.63. The first-order valence-electron chi connectivity index (χ1n) is 7.17. The highest BCUT2D eigenvalue weighted by molar-refractivity contribution is 5.97. The van der Waals surface area contributed by atoms with Crippen molar-refractivity contribution >= 4 is 5.91 Å². The van der Waals surface area contributed by atoms with Gasteiger partial charge in [0.2, 0.25) is 0 Å². The van der Waals surface area contributed by atoms with Crippen LogP contribution in [0.3, 0.4) is 0 Å². The van der Waals surface area contributed by atoms with Crippen molar-refractivity contribution in [1.82, 2.24) is 4.90 Å². The summed E-state index contributed by atoms with van der Waals surface area (Å²) in [6.45, 7) is 4.53. The van der Waals surface area contributed by atoms with Crippen LogP contribution in [0.15, 0.2) is 18.2 Å². The lowest BCUT2D eigenvalue weighted by molar-refractivity contribution is 0.0378. The van der Waals surface area contributed by atoms with Crippen molar-refractivity contribution in [3.8, 4) is 5.75 Å². The van der Waals surface area contributed by atoms with Gasteiger partial charge < -0.3 is 19.5 Å². The number of fused-ring (bicyclic) bond motifs is 1. The number of benzene rings is 1. The van der Waals surface area contributed by atoms with E-state index in [2.05, 4.69) is 6.92 Å². The van der Waals surface area contributed by atoms with Gasteiger partial charge in [-0.3, -0.25) is 4.79 Å². The number of carbonyl (C=O) groups is 1. The molecule has 1 heterocycles. The minimum atomic E-state index is -0.695. The summed E-state index contributed by atoms with van der Waals surface area (Å²) in [6, 6.07) is 5.65. The molecule has 2 rings (SSSR count). The Morgan fingerprint density at radius 2 is 2.19 bits per heavy atom. The first-order valence-corrected chi connectivity index (χ1v) is 7.17. The quantitative estimate of drug-likeness (QED) is 0.897. The minimum Gasteiger partial charge on any atom is -0.489 e. The first-order chi connectivity index (χ1) is 9.95. The van der Waals surface area contributed by atoms with E-state index in [4.69, 9.17) is 9.47 Å². The van der Waals surface area contributed by atoms with Crippen LogP contribution in [-0.4, -0.2) is 55.4 Å². The van der Waals surface area contributed by atoms with Crippen LogP contribution in [0.4, 0.5) is 0 Å². The number of amides is 1. The third-order valence-corrected chi connectivity index (χ3v) is 3.96. The van der Waals surface area contributed by atoms with Crippen LogP contribution >= 0.6 is 0 Å². The number of aliphatic hydroxyl groups is 1. The van der Waals surface area contributed by atoms with E-state index >= 15 is 0 Å². The van der Waals surface area contributed by atoms with Crippen LogP contribution in [-0.2, 0) is 4.74 Å². The van der Waals surface area contributed by atoms with E-state index in [1.807, 2.05) is 19.1 Å². The van der Waals surface area contributed by atoms with Crippen molar-refractivity contribution in [2.75, 3.05) is 27.3 Å². The molecule has 1 amide bonds. The van der Waals surface area contributed by atoms with Gasteiger partial charge in [-0.2, -0.15) is 0 Å². The molecule has 21 heavy (non-hydrogen) atoms. The normalized spacial score (nSPS) is 21.6. The zero-order chi connectivity index (χ0) is 15.6. The molecule has 1 aliphatic rings. The summed E-state index contributed by atoms with van der Waals surface area (Å²) in [5.41, 5.74) is 1.62. The Kier molecular flexibility index (Phi) is 4.85. The fourth-order valence-corrected chi connectivity index (χ4v) is 2.60. The van der Waals surface area contributed by atoms with Crippen LogP contribution in [0, 0.1) is 0 Å². The van der Waals surface area contributed by atoms with Crippen LogP contribution in [0.1, 0.15) is 35.7 Å². The molecule has 116 valence electrons. The van der Waals surface area contributed by atoms with Gasteiger partial charge in [-0.05, 0) is 13.0 Å². The maximum atomic E-state index is 12.6. The third-order valence-electron chi connectivity index (χ3n) is 3.96. The summed E-state index contributed by atoms with van der Waals surface area (Å²) in [5, 5.41) is 9.74. The van der Waals surface area contributed by atoms with Gasteiger partial charge in [-0.1, -0.05) is 19.1 Å². The summed E-state index contributed by atoms with van der Waals surface area (Å²) in [6.07, 6.45) is -0.627. The summed E-state index contributed by atoms with van der Waals surface area (Å²) in [5.74, 6) is 0.802. The number of ether oxygens (including phenoxy) is 2. The molecule has 0 bridgehead atoms. The monoisotopic (exact) mass is 293 g/mol. The standard InChI is InChI=1S/C16H23NO4/c1-10-11(2)21-15-13(10)6-5-7-14(15)16(19)17(3)8-12(18)9-20-4/h5-7,10-12,18H,8-9H2,1-4H3. The molecule has 0 spiro atoms. The van der Waals surface area contributed by atoms with E-state index < -0.39 is 6.10 Å². The molecule has 0 saturated heterocycles. The van der Waals surface area contributed by atoms with Gasteiger partial charge in [0.25, 0.3) is 5.91 Å². The lowest BCUT2D eigenvalue weighted by Crippen LogP contribution is -2.36. The average Bonchev–Trinajstić information content (AvgIpc) is 2.74. The van der Waals surface area contributed by atoms with Crippen LogP contribution in [0.25, 0.3) is 0 Å². The summed E-state index contributed by atoms with van der Waals surface area (Å²) >= 11 is 0. The molecule has 0 aromatic heterocycles. The van der Waals surface area contributed by atoms with Crippen LogP contribution in [0.2, 0.25) is 0 Å². The molecule has 0 saturated carbocycles. The van der Waals surface area contributed by atoms with Gasteiger partial charge in [0.05, 0.1) is 18.3 Å². The molecule has 3 atom stereocenters. The summed E-state index contributed by atoms with van der Waals surface area (Å²) in [4.78, 5) is 14.0. The highest BCUT2D eigenvalue weighted by Gasteiger charge is 2.32. The smallest absolute Gasteiger partial charge is 0.257 e. The van der Waals surface area contributed by atoms with Crippen LogP contribution in [0.5, 0.6) is 5.75 Å². The number of likely N-dealkylation sites (N-methyl/N-ethyl adjacent to an activating group) is 1. The van der Waals surface area contributed by atoms with E-state index in [0.717, 1.165) is 5.56 Å². The third kappa shape index (κ3) is 3.19. The lowest BCUT2D eigenvalue weighted by atomic mass is 9.96. The van der Waals surface area contributed by atoms with Crippen molar-refractivity contribution in [2.24, 2.45) is 0 Å². The largest absolute Gasteiger partial charge is 0.489 e. The Bertz CT molecular complexity index is 517. The molecule has 1 aromatic rings. The van der Waals surface area contributed by atoms with Crippen molar-refractivity contribution in [3.63, 3.8) is 0 Å². The number of hydrogen-bond acceptors (Lipinski definition) is 4. The molecule has 3 unspecified atom stereocenters. The topological polar surface area (TPSA) is 59.0 Å². The summed E-state index contributed by atoms with van der Waals surface area (Å²) < 4.78 is 10.7. The molecule has 0 aliphatic carbocycles. The Hall–Kier alpha value is -1.59. The molecular weight excluding hydrogens is 270 g/mol. The second kappa shape index (κ2) is 6.45. The minimum absolute atomic E-state index is 0.0679. The van der Waals surface area contributed by atoms with Gasteiger partial charge in [0.15, 0.2) is 0 Å². The van der Waals surface area contributed by atoms with E-state index in [1.54, 1.807) is 13.1 Å². The molecule has 1 aliphatic heterocycles. The number of hydrogen-bond donors (Lipinski definition) is 1. The number of aliphatic hydroxyl groups excluding tert-OH is 1. The van der Waals surface area contributed by atoms with Crippen LogP contribution < -0.4 is 4.74 Å². The van der Waals surface area contributed by atoms with Gasteiger partial charge in [0, 0.05) is 32.2 Å². The molecule has 0 radical (unpaired) electrons.